The molecule has 2 saturated heterocycles. The number of aryl methyl sites for hydroxylation is 1. The maximum atomic E-state index is 11.5. The summed E-state index contributed by atoms with van der Waals surface area (Å²) in [5.74, 6) is -0.186. The fourth-order valence-electron chi connectivity index (χ4n) is 6.11. The van der Waals surface area contributed by atoms with Crippen molar-refractivity contribution in [2.24, 2.45) is 5.92 Å². The summed E-state index contributed by atoms with van der Waals surface area (Å²) in [6.07, 6.45) is 3.77. The molecule has 0 saturated carbocycles. The molecule has 8 heteroatoms. The summed E-state index contributed by atoms with van der Waals surface area (Å²) in [5.41, 5.74) is 8.47. The molecule has 6 rings (SSSR count). The number of anilines is 1. The summed E-state index contributed by atoms with van der Waals surface area (Å²) in [7, 11) is 0. The number of carboxylic acids is 1. The zero-order valence-electron chi connectivity index (χ0n) is 22.8. The highest BCUT2D eigenvalue weighted by Crippen LogP contribution is 2.37. The van der Waals surface area contributed by atoms with Gasteiger partial charge in [0.05, 0.1) is 30.9 Å². The molecule has 7 nitrogen and oxygen atoms in total. The number of carbonyl (C=O) groups is 1. The van der Waals surface area contributed by atoms with E-state index >= 15 is 0 Å². The third kappa shape index (κ3) is 5.42. The first kappa shape index (κ1) is 26.3. The normalized spacial score (nSPS) is 20.3. The van der Waals surface area contributed by atoms with Crippen LogP contribution in [0, 0.1) is 19.8 Å². The lowest BCUT2D eigenvalue weighted by molar-refractivity contribution is -0.141. The molecule has 1 atom stereocenters. The van der Waals surface area contributed by atoms with Crippen molar-refractivity contribution >= 4 is 22.4 Å². The number of nitrogens with zero attached hydrogens (tertiary/aromatic N) is 3. The van der Waals surface area contributed by atoms with Gasteiger partial charge < -0.3 is 19.5 Å². The van der Waals surface area contributed by atoms with Gasteiger partial charge in [0.2, 0.25) is 0 Å². The van der Waals surface area contributed by atoms with E-state index in [4.69, 9.17) is 14.5 Å². The van der Waals surface area contributed by atoms with E-state index in [0.29, 0.717) is 19.2 Å². The number of aliphatic carboxylic acids is 1. The Morgan fingerprint density at radius 3 is 2.79 bits per heavy atom. The number of piperidine rings is 1. The molecule has 2 aromatic carbocycles. The third-order valence-corrected chi connectivity index (χ3v) is 9.56. The highest BCUT2D eigenvalue weighted by Gasteiger charge is 2.29. The number of hydrogen-bond donors (Lipinski definition) is 1. The molecular formula is C31H37N3O4S. The lowest BCUT2D eigenvalue weighted by Crippen LogP contribution is -2.49. The molecule has 4 heterocycles. The topological polar surface area (TPSA) is 75.1 Å². The lowest BCUT2D eigenvalue weighted by Gasteiger charge is -2.36. The molecule has 1 aromatic heterocycles. The van der Waals surface area contributed by atoms with Crippen LogP contribution in [0.15, 0.2) is 35.7 Å². The number of para-hydroxylation sites is 1. The Morgan fingerprint density at radius 2 is 2.00 bits per heavy atom. The number of carboxylic acid groups (broad SMARTS) is 1. The lowest BCUT2D eigenvalue weighted by atomic mass is 9.94. The summed E-state index contributed by atoms with van der Waals surface area (Å²) in [6.45, 7) is 10.1. The zero-order valence-corrected chi connectivity index (χ0v) is 23.6. The molecule has 3 aliphatic heterocycles. The molecule has 3 aliphatic rings. The van der Waals surface area contributed by atoms with Crippen LogP contribution >= 0.6 is 11.3 Å². The maximum absolute atomic E-state index is 11.5. The van der Waals surface area contributed by atoms with Gasteiger partial charge in [-0.2, -0.15) is 0 Å². The fraction of sp³-hybridized carbons (Fsp3) is 0.484. The predicted octanol–water partition coefficient (Wildman–Crippen LogP) is 5.11. The molecule has 0 bridgehead atoms. The first-order chi connectivity index (χ1) is 19.0. The molecule has 206 valence electrons. The third-order valence-electron chi connectivity index (χ3n) is 8.65. The molecule has 0 amide bonds. The van der Waals surface area contributed by atoms with Crippen LogP contribution in [0.3, 0.4) is 0 Å². The van der Waals surface area contributed by atoms with E-state index in [2.05, 4.69) is 53.3 Å². The van der Waals surface area contributed by atoms with E-state index < -0.39 is 5.97 Å². The molecule has 0 spiro atoms. The van der Waals surface area contributed by atoms with E-state index in [9.17, 15) is 9.90 Å². The van der Waals surface area contributed by atoms with E-state index in [1.807, 2.05) is 6.07 Å². The van der Waals surface area contributed by atoms with E-state index in [-0.39, 0.29) is 5.92 Å². The van der Waals surface area contributed by atoms with Gasteiger partial charge >= 0.3 is 5.97 Å². The van der Waals surface area contributed by atoms with Crippen molar-refractivity contribution < 1.29 is 19.4 Å². The Morgan fingerprint density at radius 1 is 1.15 bits per heavy atom. The van der Waals surface area contributed by atoms with Crippen LogP contribution in [0.5, 0.6) is 5.75 Å². The number of ether oxygens (including phenoxy) is 2. The van der Waals surface area contributed by atoms with Crippen LogP contribution < -0.4 is 9.64 Å². The van der Waals surface area contributed by atoms with Crippen LogP contribution in [-0.4, -0.2) is 66.4 Å². The van der Waals surface area contributed by atoms with Crippen LogP contribution in [0.25, 0.3) is 11.3 Å². The second kappa shape index (κ2) is 11.3. The number of thiazole rings is 1. The minimum absolute atomic E-state index is 0.330. The SMILES string of the molecule is Cc1cccc(-c2csc(N3CCC[C@H](C(=O)O)C3)n2)c1OCc1ccc2c(c1C)CCN(C1COC1)CC2. The summed E-state index contributed by atoms with van der Waals surface area (Å²) >= 11 is 1.58. The number of aromatic nitrogens is 1. The van der Waals surface area contributed by atoms with E-state index in [1.165, 1.54) is 22.3 Å². The average molecular weight is 548 g/mol. The highest BCUT2D eigenvalue weighted by atomic mass is 32.1. The Labute approximate surface area is 234 Å². The molecule has 0 unspecified atom stereocenters. The van der Waals surface area contributed by atoms with Crippen LogP contribution in [0.4, 0.5) is 5.13 Å². The van der Waals surface area contributed by atoms with Crippen molar-refractivity contribution in [3.05, 3.63) is 63.5 Å². The largest absolute Gasteiger partial charge is 0.488 e. The molecule has 0 radical (unpaired) electrons. The Kier molecular flexibility index (Phi) is 7.60. The monoisotopic (exact) mass is 547 g/mol. The van der Waals surface area contributed by atoms with Crippen LogP contribution in [-0.2, 0) is 29.0 Å². The zero-order chi connectivity index (χ0) is 26.9. The second-order valence-electron chi connectivity index (χ2n) is 11.1. The molecule has 0 aliphatic carbocycles. The number of hydrogen-bond acceptors (Lipinski definition) is 7. The first-order valence-electron chi connectivity index (χ1n) is 14.1. The van der Waals surface area contributed by atoms with Crippen molar-refractivity contribution in [2.75, 3.05) is 44.3 Å². The average Bonchev–Trinajstić information content (AvgIpc) is 3.30. The number of benzene rings is 2. The van der Waals surface area contributed by atoms with Gasteiger partial charge in [0.1, 0.15) is 12.4 Å². The number of fused-ring (bicyclic) bond motifs is 1. The molecule has 2 fully saturated rings. The van der Waals surface area contributed by atoms with Crippen LogP contribution in [0.1, 0.15) is 40.7 Å². The summed E-state index contributed by atoms with van der Waals surface area (Å²) in [5, 5.41) is 12.4. The van der Waals surface area contributed by atoms with Gasteiger partial charge in [-0.05, 0) is 73.4 Å². The van der Waals surface area contributed by atoms with Crippen molar-refractivity contribution in [3.63, 3.8) is 0 Å². The van der Waals surface area contributed by atoms with Crippen LogP contribution in [0.2, 0.25) is 0 Å². The number of rotatable bonds is 7. The quantitative estimate of drug-likeness (QED) is 0.441. The van der Waals surface area contributed by atoms with Crippen molar-refractivity contribution in [2.45, 2.75) is 52.2 Å². The van der Waals surface area contributed by atoms with Gasteiger partial charge in [-0.15, -0.1) is 11.3 Å². The van der Waals surface area contributed by atoms with Crippen molar-refractivity contribution in [1.29, 1.82) is 0 Å². The second-order valence-corrected chi connectivity index (χ2v) is 11.9. The van der Waals surface area contributed by atoms with Gasteiger partial charge in [-0.25, -0.2) is 4.98 Å². The van der Waals surface area contributed by atoms with E-state index in [0.717, 1.165) is 86.2 Å². The van der Waals surface area contributed by atoms with Crippen molar-refractivity contribution in [1.82, 2.24) is 9.88 Å². The molecule has 1 N–H and O–H groups in total. The Hall–Kier alpha value is -2.94. The highest BCUT2D eigenvalue weighted by molar-refractivity contribution is 7.14. The van der Waals surface area contributed by atoms with E-state index in [1.54, 1.807) is 11.3 Å². The van der Waals surface area contributed by atoms with Gasteiger partial charge in [0, 0.05) is 37.1 Å². The van der Waals surface area contributed by atoms with Crippen molar-refractivity contribution in [3.8, 4) is 17.0 Å². The Balaban J connectivity index is 1.19. The maximum Gasteiger partial charge on any atom is 0.308 e. The standard InChI is InChI=1S/C31H37N3O4S/c1-20-5-3-7-27(28-19-39-31(32-28)34-12-4-6-23(15-34)30(35)36)29(20)38-16-24-9-8-22-10-13-33(25-17-37-18-25)14-11-26(22)21(24)2/h3,5,7-9,19,23,25H,4,6,10-18H2,1-2H3,(H,35,36)/t23-/m0/s1. The Bertz CT molecular complexity index is 1350. The van der Waals surface area contributed by atoms with Gasteiger partial charge in [-0.3, -0.25) is 9.69 Å². The smallest absolute Gasteiger partial charge is 0.308 e. The van der Waals surface area contributed by atoms with Gasteiger partial charge in [0.25, 0.3) is 0 Å². The molecular weight excluding hydrogens is 510 g/mol. The summed E-state index contributed by atoms with van der Waals surface area (Å²) < 4.78 is 12.0. The minimum Gasteiger partial charge on any atom is -0.488 e. The summed E-state index contributed by atoms with van der Waals surface area (Å²) in [6, 6.07) is 11.3. The predicted molar refractivity (Wildman–Crippen MR) is 154 cm³/mol. The minimum atomic E-state index is -0.718. The molecule has 39 heavy (non-hydrogen) atoms. The molecule has 3 aromatic rings. The van der Waals surface area contributed by atoms with Gasteiger partial charge in [0.15, 0.2) is 5.13 Å². The van der Waals surface area contributed by atoms with Gasteiger partial charge in [-0.1, -0.05) is 24.3 Å². The fourth-order valence-corrected chi connectivity index (χ4v) is 6.97. The first-order valence-corrected chi connectivity index (χ1v) is 14.9. The summed E-state index contributed by atoms with van der Waals surface area (Å²) in [4.78, 5) is 21.2.